The highest BCUT2D eigenvalue weighted by atomic mass is 16.5. The van der Waals surface area contributed by atoms with Gasteiger partial charge in [0.15, 0.2) is 0 Å². The van der Waals surface area contributed by atoms with Gasteiger partial charge in [-0.1, -0.05) is 0 Å². The van der Waals surface area contributed by atoms with Gasteiger partial charge in [-0.3, -0.25) is 9.69 Å². The van der Waals surface area contributed by atoms with Crippen LogP contribution < -0.4 is 11.1 Å². The van der Waals surface area contributed by atoms with E-state index < -0.39 is 5.54 Å². The number of nitrogens with one attached hydrogen (secondary N) is 1. The lowest BCUT2D eigenvalue weighted by molar-refractivity contribution is -0.124. The van der Waals surface area contributed by atoms with Crippen molar-refractivity contribution in [3.8, 4) is 0 Å². The van der Waals surface area contributed by atoms with Crippen molar-refractivity contribution in [3.63, 3.8) is 0 Å². The van der Waals surface area contributed by atoms with Crippen molar-refractivity contribution in [1.82, 2.24) is 10.2 Å². The van der Waals surface area contributed by atoms with Gasteiger partial charge in [0.1, 0.15) is 0 Å². The standard InChI is InChI=1S/C14H27N3O2/c1-10(9-19-3)17(2)12-6-7-14(8-12,13(15)18)16-11-4-5-11/h10-12,16H,4-9H2,1-3H3,(H2,15,18). The van der Waals surface area contributed by atoms with E-state index in [4.69, 9.17) is 10.5 Å². The number of rotatable bonds is 7. The number of methoxy groups -OCH3 is 1. The summed E-state index contributed by atoms with van der Waals surface area (Å²) in [5, 5.41) is 3.49. The molecule has 5 heteroatoms. The van der Waals surface area contributed by atoms with Crippen molar-refractivity contribution < 1.29 is 9.53 Å². The molecule has 0 aromatic carbocycles. The molecule has 2 aliphatic rings. The fraction of sp³-hybridized carbons (Fsp3) is 0.929. The Kier molecular flexibility index (Phi) is 4.48. The second-order valence-electron chi connectivity index (χ2n) is 6.23. The summed E-state index contributed by atoms with van der Waals surface area (Å²) in [6, 6.07) is 1.27. The van der Waals surface area contributed by atoms with Crippen molar-refractivity contribution in [2.24, 2.45) is 5.73 Å². The topological polar surface area (TPSA) is 67.6 Å². The van der Waals surface area contributed by atoms with Crippen molar-refractivity contribution in [2.45, 2.75) is 62.7 Å². The Morgan fingerprint density at radius 2 is 2.21 bits per heavy atom. The highest BCUT2D eigenvalue weighted by Gasteiger charge is 2.47. The fourth-order valence-electron chi connectivity index (χ4n) is 3.13. The zero-order valence-electron chi connectivity index (χ0n) is 12.3. The molecule has 5 nitrogen and oxygen atoms in total. The van der Waals surface area contributed by atoms with Crippen LogP contribution in [0, 0.1) is 0 Å². The molecular formula is C14H27N3O2. The zero-order valence-corrected chi connectivity index (χ0v) is 12.3. The number of nitrogens with two attached hydrogens (primary N) is 1. The van der Waals surface area contributed by atoms with E-state index in [1.54, 1.807) is 7.11 Å². The molecule has 0 aromatic rings. The van der Waals surface area contributed by atoms with Gasteiger partial charge in [-0.05, 0) is 46.1 Å². The van der Waals surface area contributed by atoms with Crippen LogP contribution in [-0.2, 0) is 9.53 Å². The Labute approximate surface area is 115 Å². The third-order valence-corrected chi connectivity index (χ3v) is 4.70. The normalized spacial score (nSPS) is 32.7. The Hall–Kier alpha value is -0.650. The Bertz CT molecular complexity index is 333. The molecule has 0 bridgehead atoms. The average molecular weight is 269 g/mol. The van der Waals surface area contributed by atoms with Crippen LogP contribution in [0.3, 0.4) is 0 Å². The third kappa shape index (κ3) is 3.27. The summed E-state index contributed by atoms with van der Waals surface area (Å²) in [6.45, 7) is 2.87. The minimum absolute atomic E-state index is 0.185. The number of primary amides is 1. The van der Waals surface area contributed by atoms with Gasteiger partial charge in [-0.15, -0.1) is 0 Å². The number of ether oxygens (including phenoxy) is 1. The number of hydrogen-bond donors (Lipinski definition) is 2. The molecule has 0 radical (unpaired) electrons. The van der Waals surface area contributed by atoms with Gasteiger partial charge < -0.3 is 15.8 Å². The molecule has 2 fully saturated rings. The van der Waals surface area contributed by atoms with E-state index in [0.717, 1.165) is 19.3 Å². The minimum atomic E-state index is -0.479. The van der Waals surface area contributed by atoms with E-state index in [0.29, 0.717) is 24.7 Å². The number of likely N-dealkylation sites (N-methyl/N-ethyl adjacent to an activating group) is 1. The monoisotopic (exact) mass is 269 g/mol. The molecule has 2 rings (SSSR count). The highest BCUT2D eigenvalue weighted by Crippen LogP contribution is 2.36. The van der Waals surface area contributed by atoms with Crippen molar-refractivity contribution in [2.75, 3.05) is 20.8 Å². The first-order valence-electron chi connectivity index (χ1n) is 7.27. The van der Waals surface area contributed by atoms with Gasteiger partial charge in [0, 0.05) is 25.2 Å². The van der Waals surface area contributed by atoms with Crippen LogP contribution in [0.1, 0.15) is 39.0 Å². The quantitative estimate of drug-likeness (QED) is 0.705. The van der Waals surface area contributed by atoms with Gasteiger partial charge in [0.05, 0.1) is 12.1 Å². The van der Waals surface area contributed by atoms with Crippen LogP contribution in [0.15, 0.2) is 0 Å². The molecular weight excluding hydrogens is 242 g/mol. The SMILES string of the molecule is COCC(C)N(C)C1CCC(NC2CC2)(C(N)=O)C1. The fourth-order valence-corrected chi connectivity index (χ4v) is 3.13. The van der Waals surface area contributed by atoms with E-state index in [9.17, 15) is 4.79 Å². The summed E-state index contributed by atoms with van der Waals surface area (Å²) >= 11 is 0. The molecule has 1 amide bonds. The van der Waals surface area contributed by atoms with Crippen molar-refractivity contribution in [3.05, 3.63) is 0 Å². The molecule has 110 valence electrons. The third-order valence-electron chi connectivity index (χ3n) is 4.70. The molecule has 3 unspecified atom stereocenters. The first-order chi connectivity index (χ1) is 8.98. The van der Waals surface area contributed by atoms with Crippen molar-refractivity contribution >= 4 is 5.91 Å². The van der Waals surface area contributed by atoms with Gasteiger partial charge in [0.2, 0.25) is 5.91 Å². The number of nitrogens with zero attached hydrogens (tertiary/aromatic N) is 1. The molecule has 19 heavy (non-hydrogen) atoms. The maximum Gasteiger partial charge on any atom is 0.237 e. The maximum absolute atomic E-state index is 11.9. The molecule has 3 atom stereocenters. The highest BCUT2D eigenvalue weighted by molar-refractivity contribution is 5.85. The molecule has 0 saturated heterocycles. The average Bonchev–Trinajstić information content (AvgIpc) is 3.05. The number of amides is 1. The first kappa shape index (κ1) is 14.8. The molecule has 0 spiro atoms. The first-order valence-corrected chi connectivity index (χ1v) is 7.27. The molecule has 0 aromatic heterocycles. The van der Waals surface area contributed by atoms with E-state index in [1.165, 1.54) is 12.8 Å². The Morgan fingerprint density at radius 1 is 1.53 bits per heavy atom. The predicted octanol–water partition coefficient (Wildman–Crippen LogP) is 0.482. The van der Waals surface area contributed by atoms with Gasteiger partial charge in [0.25, 0.3) is 0 Å². The Morgan fingerprint density at radius 3 is 2.74 bits per heavy atom. The van der Waals surface area contributed by atoms with Crippen LogP contribution >= 0.6 is 0 Å². The summed E-state index contributed by atoms with van der Waals surface area (Å²) in [7, 11) is 3.84. The van der Waals surface area contributed by atoms with Crippen LogP contribution in [0.4, 0.5) is 0 Å². The Balaban J connectivity index is 1.97. The molecule has 2 aliphatic carbocycles. The van der Waals surface area contributed by atoms with Gasteiger partial charge in [-0.2, -0.15) is 0 Å². The molecule has 0 aliphatic heterocycles. The summed E-state index contributed by atoms with van der Waals surface area (Å²) in [4.78, 5) is 14.2. The summed E-state index contributed by atoms with van der Waals surface area (Å²) in [6.07, 6.45) is 5.05. The van der Waals surface area contributed by atoms with E-state index in [2.05, 4.69) is 24.2 Å². The smallest absolute Gasteiger partial charge is 0.237 e. The minimum Gasteiger partial charge on any atom is -0.383 e. The summed E-state index contributed by atoms with van der Waals surface area (Å²) in [5.74, 6) is -0.185. The van der Waals surface area contributed by atoms with E-state index >= 15 is 0 Å². The van der Waals surface area contributed by atoms with E-state index in [-0.39, 0.29) is 5.91 Å². The second-order valence-corrected chi connectivity index (χ2v) is 6.23. The lowest BCUT2D eigenvalue weighted by Crippen LogP contribution is -2.55. The zero-order chi connectivity index (χ0) is 14.0. The second kappa shape index (κ2) is 5.77. The molecule has 0 heterocycles. The summed E-state index contributed by atoms with van der Waals surface area (Å²) < 4.78 is 5.21. The van der Waals surface area contributed by atoms with Gasteiger partial charge >= 0.3 is 0 Å². The number of hydrogen-bond acceptors (Lipinski definition) is 4. The lowest BCUT2D eigenvalue weighted by atomic mass is 9.95. The summed E-state index contributed by atoms with van der Waals surface area (Å²) in [5.41, 5.74) is 5.18. The largest absolute Gasteiger partial charge is 0.383 e. The maximum atomic E-state index is 11.9. The predicted molar refractivity (Wildman–Crippen MR) is 74.8 cm³/mol. The van der Waals surface area contributed by atoms with E-state index in [1.807, 2.05) is 0 Å². The molecule has 2 saturated carbocycles. The van der Waals surface area contributed by atoms with Crippen LogP contribution in [-0.4, -0.2) is 55.2 Å². The lowest BCUT2D eigenvalue weighted by Gasteiger charge is -2.32. The number of carbonyl (C=O) groups excluding carboxylic acids is 1. The molecule has 3 N–H and O–H groups in total. The van der Waals surface area contributed by atoms with Crippen LogP contribution in [0.2, 0.25) is 0 Å². The van der Waals surface area contributed by atoms with Crippen LogP contribution in [0.5, 0.6) is 0 Å². The van der Waals surface area contributed by atoms with Gasteiger partial charge in [-0.25, -0.2) is 0 Å². The number of carbonyl (C=O) groups is 1. The van der Waals surface area contributed by atoms with Crippen molar-refractivity contribution in [1.29, 1.82) is 0 Å². The van der Waals surface area contributed by atoms with Crippen LogP contribution in [0.25, 0.3) is 0 Å².